The van der Waals surface area contributed by atoms with Crippen LogP contribution in [0.4, 0.5) is 8.78 Å². The van der Waals surface area contributed by atoms with Gasteiger partial charge in [-0.05, 0) is 19.4 Å². The van der Waals surface area contributed by atoms with Crippen molar-refractivity contribution in [1.82, 2.24) is 24.5 Å². The summed E-state index contributed by atoms with van der Waals surface area (Å²) < 4.78 is 56.7. The van der Waals surface area contributed by atoms with Crippen molar-refractivity contribution in [3.05, 3.63) is 59.5 Å². The number of alkyl halides is 2. The fourth-order valence-electron chi connectivity index (χ4n) is 3.22. The summed E-state index contributed by atoms with van der Waals surface area (Å²) in [7, 11) is -3.36. The van der Waals surface area contributed by atoms with E-state index in [-0.39, 0.29) is 17.6 Å². The molecule has 2 heterocycles. The van der Waals surface area contributed by atoms with Crippen LogP contribution >= 0.6 is 0 Å². The van der Waals surface area contributed by atoms with E-state index in [1.807, 2.05) is 38.1 Å². The van der Waals surface area contributed by atoms with Crippen LogP contribution in [0, 0.1) is 6.92 Å². The van der Waals surface area contributed by atoms with E-state index in [9.17, 15) is 17.2 Å². The van der Waals surface area contributed by atoms with Crippen LogP contribution in [0.3, 0.4) is 0 Å². The molecule has 0 bridgehead atoms. The van der Waals surface area contributed by atoms with Gasteiger partial charge in [-0.1, -0.05) is 36.8 Å². The molecule has 0 spiro atoms. The number of halogens is 2. The summed E-state index contributed by atoms with van der Waals surface area (Å²) in [5.41, 5.74) is 2.40. The Labute approximate surface area is 185 Å². The van der Waals surface area contributed by atoms with Gasteiger partial charge in [0, 0.05) is 37.8 Å². The largest absolute Gasteiger partial charge is 0.415 e. The van der Waals surface area contributed by atoms with Gasteiger partial charge in [0.25, 0.3) is 11.8 Å². The number of aryl methyl sites for hydroxylation is 1. The van der Waals surface area contributed by atoms with Gasteiger partial charge in [-0.3, -0.25) is 0 Å². The molecule has 8 nitrogen and oxygen atoms in total. The van der Waals surface area contributed by atoms with Crippen LogP contribution in [0.1, 0.15) is 49.0 Å². The molecule has 0 aliphatic heterocycles. The van der Waals surface area contributed by atoms with Crippen molar-refractivity contribution in [2.45, 2.75) is 39.5 Å². The van der Waals surface area contributed by atoms with E-state index in [0.717, 1.165) is 11.1 Å². The van der Waals surface area contributed by atoms with Gasteiger partial charge in [0.1, 0.15) is 5.82 Å². The molecule has 0 saturated carbocycles. The molecule has 3 aromatic rings. The molecule has 0 fully saturated rings. The van der Waals surface area contributed by atoms with Gasteiger partial charge in [-0.15, -0.1) is 10.2 Å². The standard InChI is InChI=1S/C21H25F2N5O3S/c1-4-28(32(29,30)5-2)13-16(15-8-6-14(3)7-9-15)10-18-24-11-17(12-25-18)20-26-27-21(31-20)19(22)23/h6-9,11-12,16,19H,4-5,10,13H2,1-3H3. The van der Waals surface area contributed by atoms with Crippen LogP contribution in [-0.4, -0.2) is 51.7 Å². The molecule has 0 radical (unpaired) electrons. The van der Waals surface area contributed by atoms with Crippen molar-refractivity contribution in [3.8, 4) is 11.5 Å². The van der Waals surface area contributed by atoms with Crippen molar-refractivity contribution < 1.29 is 21.6 Å². The third-order valence-corrected chi connectivity index (χ3v) is 7.02. The highest BCUT2D eigenvalue weighted by Gasteiger charge is 2.25. The molecular formula is C21H25F2N5O3S. The lowest BCUT2D eigenvalue weighted by Gasteiger charge is -2.26. The number of hydrogen-bond acceptors (Lipinski definition) is 7. The quantitative estimate of drug-likeness (QED) is 0.449. The Morgan fingerprint density at radius 1 is 1.06 bits per heavy atom. The maximum absolute atomic E-state index is 12.7. The van der Waals surface area contributed by atoms with Crippen LogP contribution < -0.4 is 0 Å². The summed E-state index contributed by atoms with van der Waals surface area (Å²) in [6.45, 7) is 6.07. The molecule has 32 heavy (non-hydrogen) atoms. The molecule has 3 rings (SSSR count). The lowest BCUT2D eigenvalue weighted by molar-refractivity contribution is 0.116. The van der Waals surface area contributed by atoms with Crippen molar-refractivity contribution in [2.75, 3.05) is 18.8 Å². The average Bonchev–Trinajstić information content (AvgIpc) is 3.28. The zero-order chi connectivity index (χ0) is 23.3. The fraction of sp³-hybridized carbons (Fsp3) is 0.429. The fourth-order valence-corrected chi connectivity index (χ4v) is 4.39. The second-order valence-corrected chi connectivity index (χ2v) is 9.55. The summed E-state index contributed by atoms with van der Waals surface area (Å²) in [4.78, 5) is 8.63. The van der Waals surface area contributed by atoms with Crippen LogP contribution in [0.25, 0.3) is 11.5 Å². The second-order valence-electron chi connectivity index (χ2n) is 7.30. The van der Waals surface area contributed by atoms with E-state index >= 15 is 0 Å². The first-order valence-corrected chi connectivity index (χ1v) is 11.8. The van der Waals surface area contributed by atoms with Gasteiger partial charge in [0.05, 0.1) is 11.3 Å². The summed E-state index contributed by atoms with van der Waals surface area (Å²) in [5, 5.41) is 6.89. The number of rotatable bonds is 10. The Kier molecular flexibility index (Phi) is 7.62. The van der Waals surface area contributed by atoms with E-state index in [0.29, 0.717) is 30.9 Å². The summed E-state index contributed by atoms with van der Waals surface area (Å²) >= 11 is 0. The third kappa shape index (κ3) is 5.71. The monoisotopic (exact) mass is 465 g/mol. The smallest absolute Gasteiger partial charge is 0.314 e. The lowest BCUT2D eigenvalue weighted by atomic mass is 9.94. The first-order chi connectivity index (χ1) is 15.2. The molecule has 0 aliphatic carbocycles. The first kappa shape index (κ1) is 23.9. The maximum atomic E-state index is 12.7. The molecule has 0 N–H and O–H groups in total. The van der Waals surface area contributed by atoms with Crippen LogP contribution in [0.2, 0.25) is 0 Å². The van der Waals surface area contributed by atoms with Gasteiger partial charge in [0.2, 0.25) is 10.0 Å². The van der Waals surface area contributed by atoms with Crippen LogP contribution in [-0.2, 0) is 16.4 Å². The number of aromatic nitrogens is 4. The van der Waals surface area contributed by atoms with E-state index in [1.54, 1.807) is 6.92 Å². The van der Waals surface area contributed by atoms with Crippen LogP contribution in [0.15, 0.2) is 41.1 Å². The zero-order valence-electron chi connectivity index (χ0n) is 18.1. The topological polar surface area (TPSA) is 102 Å². The molecule has 0 amide bonds. The number of hydrogen-bond donors (Lipinski definition) is 0. The Morgan fingerprint density at radius 2 is 1.72 bits per heavy atom. The normalized spacial score (nSPS) is 13.1. The Bertz CT molecular complexity index is 1120. The van der Waals surface area contributed by atoms with E-state index < -0.39 is 22.3 Å². The van der Waals surface area contributed by atoms with Crippen molar-refractivity contribution in [3.63, 3.8) is 0 Å². The summed E-state index contributed by atoms with van der Waals surface area (Å²) in [6.07, 6.45) is 0.396. The lowest BCUT2D eigenvalue weighted by Crippen LogP contribution is -2.36. The predicted molar refractivity (Wildman–Crippen MR) is 115 cm³/mol. The molecule has 172 valence electrons. The number of likely N-dealkylation sites (N-methyl/N-ethyl adjacent to an activating group) is 1. The molecule has 1 unspecified atom stereocenters. The minimum atomic E-state index is -3.36. The molecule has 0 saturated heterocycles. The number of sulfonamides is 1. The number of nitrogens with zero attached hydrogens (tertiary/aromatic N) is 5. The molecular weight excluding hydrogens is 440 g/mol. The maximum Gasteiger partial charge on any atom is 0.314 e. The van der Waals surface area contributed by atoms with Gasteiger partial charge < -0.3 is 4.42 Å². The van der Waals surface area contributed by atoms with E-state index in [1.165, 1.54) is 16.7 Å². The van der Waals surface area contributed by atoms with E-state index in [2.05, 4.69) is 20.2 Å². The predicted octanol–water partition coefficient (Wildman–Crippen LogP) is 3.77. The van der Waals surface area contributed by atoms with Gasteiger partial charge >= 0.3 is 6.43 Å². The Hall–Kier alpha value is -2.79. The molecule has 1 aromatic carbocycles. The van der Waals surface area contributed by atoms with Crippen LogP contribution in [0.5, 0.6) is 0 Å². The molecule has 2 aromatic heterocycles. The summed E-state index contributed by atoms with van der Waals surface area (Å²) in [6, 6.07) is 7.91. The molecule has 0 aliphatic rings. The minimum absolute atomic E-state index is 0.0252. The second kappa shape index (κ2) is 10.2. The molecule has 1 atom stereocenters. The highest BCUT2D eigenvalue weighted by molar-refractivity contribution is 7.89. The Balaban J connectivity index is 1.84. The highest BCUT2D eigenvalue weighted by atomic mass is 32.2. The van der Waals surface area contributed by atoms with Gasteiger partial charge in [-0.2, -0.15) is 8.78 Å². The molecule has 11 heteroatoms. The first-order valence-electron chi connectivity index (χ1n) is 10.2. The van der Waals surface area contributed by atoms with Crippen molar-refractivity contribution >= 4 is 10.0 Å². The minimum Gasteiger partial charge on any atom is -0.415 e. The zero-order valence-corrected chi connectivity index (χ0v) is 18.9. The highest BCUT2D eigenvalue weighted by Crippen LogP contribution is 2.25. The Morgan fingerprint density at radius 3 is 2.25 bits per heavy atom. The van der Waals surface area contributed by atoms with E-state index in [4.69, 9.17) is 4.42 Å². The number of benzene rings is 1. The van der Waals surface area contributed by atoms with Crippen molar-refractivity contribution in [2.24, 2.45) is 0 Å². The van der Waals surface area contributed by atoms with Crippen molar-refractivity contribution in [1.29, 1.82) is 0 Å². The summed E-state index contributed by atoms with van der Waals surface area (Å²) in [5.74, 6) is -0.514. The third-order valence-electron chi connectivity index (χ3n) is 5.09. The average molecular weight is 466 g/mol. The SMILES string of the molecule is CCN(CC(Cc1ncc(-c2nnc(C(F)F)o2)cn1)c1ccc(C)cc1)S(=O)(=O)CC. The van der Waals surface area contributed by atoms with Gasteiger partial charge in [-0.25, -0.2) is 22.7 Å². The van der Waals surface area contributed by atoms with Gasteiger partial charge in [0.15, 0.2) is 0 Å².